The van der Waals surface area contributed by atoms with E-state index in [0.29, 0.717) is 6.61 Å². The second-order valence-electron chi connectivity index (χ2n) is 4.34. The van der Waals surface area contributed by atoms with Crippen molar-refractivity contribution in [1.82, 2.24) is 5.16 Å². The van der Waals surface area contributed by atoms with Gasteiger partial charge in [-0.05, 0) is 41.5 Å². The van der Waals surface area contributed by atoms with Crippen molar-refractivity contribution in [2.24, 2.45) is 0 Å². The normalized spacial score (nSPS) is 11.3. The molecule has 2 aromatic carbocycles. The first-order chi connectivity index (χ1) is 9.33. The predicted molar refractivity (Wildman–Crippen MR) is 80.2 cm³/mol. The van der Waals surface area contributed by atoms with Crippen molar-refractivity contribution in [1.29, 1.82) is 0 Å². The van der Waals surface area contributed by atoms with Gasteiger partial charge in [-0.25, -0.2) is 0 Å². The Hall–Kier alpha value is -1.55. The highest BCUT2D eigenvalue weighted by Crippen LogP contribution is 2.30. The van der Waals surface area contributed by atoms with Gasteiger partial charge in [-0.3, -0.25) is 0 Å². The number of benzene rings is 2. The monoisotopic (exact) mass is 319 g/mol. The van der Waals surface area contributed by atoms with E-state index in [1.165, 1.54) is 5.39 Å². The largest absolute Gasteiger partial charge is 0.493 e. The number of fused-ring (bicyclic) bond motifs is 3. The summed E-state index contributed by atoms with van der Waals surface area (Å²) in [4.78, 5) is 0. The quantitative estimate of drug-likeness (QED) is 0.672. The van der Waals surface area contributed by atoms with Gasteiger partial charge in [0.1, 0.15) is 5.75 Å². The Bertz CT molecular complexity index is 721. The van der Waals surface area contributed by atoms with Crippen molar-refractivity contribution in [2.75, 3.05) is 11.9 Å². The van der Waals surface area contributed by atoms with Crippen LogP contribution in [0.2, 0.25) is 0 Å². The van der Waals surface area contributed by atoms with E-state index in [2.05, 4.69) is 40.1 Å². The topological polar surface area (TPSA) is 35.3 Å². The number of rotatable bonds is 4. The molecule has 1 aromatic heterocycles. The number of aromatic nitrogens is 1. The lowest BCUT2D eigenvalue weighted by atomic mass is 10.0. The number of halogens is 1. The van der Waals surface area contributed by atoms with Gasteiger partial charge in [-0.15, -0.1) is 0 Å². The fourth-order valence-electron chi connectivity index (χ4n) is 2.30. The summed E-state index contributed by atoms with van der Waals surface area (Å²) in [7, 11) is 0. The van der Waals surface area contributed by atoms with Crippen molar-refractivity contribution < 1.29 is 9.26 Å². The Morgan fingerprint density at radius 1 is 1.26 bits per heavy atom. The summed E-state index contributed by atoms with van der Waals surface area (Å²) < 4.78 is 11.0. The summed E-state index contributed by atoms with van der Waals surface area (Å²) in [5.74, 6) is 0.890. The van der Waals surface area contributed by atoms with Gasteiger partial charge in [0.25, 0.3) is 0 Å². The first kappa shape index (κ1) is 12.5. The van der Waals surface area contributed by atoms with Gasteiger partial charge in [0.05, 0.1) is 17.7 Å². The molecule has 0 fully saturated rings. The van der Waals surface area contributed by atoms with E-state index in [9.17, 15) is 0 Å². The summed E-state index contributed by atoms with van der Waals surface area (Å²) in [5, 5.41) is 8.39. The molecule has 19 heavy (non-hydrogen) atoms. The van der Waals surface area contributed by atoms with Gasteiger partial charge in [0.15, 0.2) is 5.58 Å². The lowest BCUT2D eigenvalue weighted by molar-refractivity contribution is 0.345. The molecule has 0 spiro atoms. The van der Waals surface area contributed by atoms with E-state index >= 15 is 0 Å². The fourth-order valence-corrected chi connectivity index (χ4v) is 2.46. The maximum absolute atomic E-state index is 5.63. The molecule has 0 saturated carbocycles. The van der Waals surface area contributed by atoms with Crippen LogP contribution in [0.1, 0.15) is 12.6 Å². The van der Waals surface area contributed by atoms with E-state index in [4.69, 9.17) is 9.26 Å². The zero-order chi connectivity index (χ0) is 13.2. The van der Waals surface area contributed by atoms with Crippen LogP contribution in [0.3, 0.4) is 0 Å². The minimum atomic E-state index is 0.668. The van der Waals surface area contributed by atoms with Gasteiger partial charge in [0.2, 0.25) is 0 Å². The summed E-state index contributed by atoms with van der Waals surface area (Å²) in [5.41, 5.74) is 1.85. The second-order valence-corrected chi connectivity index (χ2v) is 5.13. The van der Waals surface area contributed by atoms with Crippen LogP contribution < -0.4 is 4.74 Å². The Kier molecular flexibility index (Phi) is 3.42. The molecule has 0 atom stereocenters. The van der Waals surface area contributed by atoms with Gasteiger partial charge >= 0.3 is 0 Å². The summed E-state index contributed by atoms with van der Waals surface area (Å²) in [6, 6.07) is 10.2. The first-order valence-electron chi connectivity index (χ1n) is 6.33. The number of hydrogen-bond acceptors (Lipinski definition) is 3. The molecule has 0 N–H and O–H groups in total. The first-order valence-corrected chi connectivity index (χ1v) is 7.45. The van der Waals surface area contributed by atoms with Crippen LogP contribution in [0, 0.1) is 0 Å². The Morgan fingerprint density at radius 3 is 2.95 bits per heavy atom. The van der Waals surface area contributed by atoms with Gasteiger partial charge < -0.3 is 9.26 Å². The molecule has 3 nitrogen and oxygen atoms in total. The lowest BCUT2D eigenvalue weighted by Gasteiger charge is -2.06. The molecule has 0 bridgehead atoms. The highest BCUT2D eigenvalue weighted by Gasteiger charge is 2.10. The Labute approximate surface area is 119 Å². The summed E-state index contributed by atoms with van der Waals surface area (Å²) >= 11 is 3.36. The standard InChI is InChI=1S/C15H14BrNO2/c1-2-13-15-12-5-4-11(18-8-7-16)9-10(12)3-6-14(15)19-17-13/h3-6,9H,2,7-8H2,1H3. The van der Waals surface area contributed by atoms with Crippen LogP contribution in [0.4, 0.5) is 0 Å². The van der Waals surface area contributed by atoms with E-state index in [0.717, 1.165) is 39.5 Å². The van der Waals surface area contributed by atoms with Gasteiger partial charge in [-0.1, -0.05) is 34.1 Å². The fraction of sp³-hybridized carbons (Fsp3) is 0.267. The maximum atomic E-state index is 5.63. The SMILES string of the molecule is CCc1noc2ccc3cc(OCCBr)ccc3c12. The number of alkyl halides is 1. The summed E-state index contributed by atoms with van der Waals surface area (Å²) in [6.45, 7) is 2.75. The van der Waals surface area contributed by atoms with Crippen molar-refractivity contribution in [3.63, 3.8) is 0 Å². The molecular formula is C15H14BrNO2. The van der Waals surface area contributed by atoms with Crippen LogP contribution in [-0.4, -0.2) is 17.1 Å². The lowest BCUT2D eigenvalue weighted by Crippen LogP contribution is -1.97. The molecule has 0 saturated heterocycles. The third-order valence-electron chi connectivity index (χ3n) is 3.18. The van der Waals surface area contributed by atoms with Crippen molar-refractivity contribution >= 4 is 37.7 Å². The molecule has 0 radical (unpaired) electrons. The van der Waals surface area contributed by atoms with Gasteiger partial charge in [-0.2, -0.15) is 0 Å². The molecule has 0 unspecified atom stereocenters. The third-order valence-corrected chi connectivity index (χ3v) is 3.50. The molecule has 0 amide bonds. The Morgan fingerprint density at radius 2 is 2.16 bits per heavy atom. The molecule has 0 aliphatic heterocycles. The average Bonchev–Trinajstić information content (AvgIpc) is 2.88. The number of ether oxygens (including phenoxy) is 1. The number of hydrogen-bond donors (Lipinski definition) is 0. The third kappa shape index (κ3) is 2.21. The molecule has 4 heteroatoms. The van der Waals surface area contributed by atoms with E-state index in [1.807, 2.05) is 18.2 Å². The molecule has 0 aliphatic rings. The van der Waals surface area contributed by atoms with Crippen LogP contribution >= 0.6 is 15.9 Å². The molecule has 98 valence electrons. The van der Waals surface area contributed by atoms with Crippen molar-refractivity contribution in [3.8, 4) is 5.75 Å². The maximum Gasteiger partial charge on any atom is 0.167 e. The minimum absolute atomic E-state index is 0.668. The van der Waals surface area contributed by atoms with Crippen molar-refractivity contribution in [2.45, 2.75) is 13.3 Å². The molecule has 0 aliphatic carbocycles. The highest BCUT2D eigenvalue weighted by molar-refractivity contribution is 9.09. The number of nitrogens with zero attached hydrogens (tertiary/aromatic N) is 1. The predicted octanol–water partition coefficient (Wildman–Crippen LogP) is 4.32. The van der Waals surface area contributed by atoms with Crippen LogP contribution in [-0.2, 0) is 6.42 Å². The molecule has 1 heterocycles. The Balaban J connectivity index is 2.17. The van der Waals surface area contributed by atoms with Crippen molar-refractivity contribution in [3.05, 3.63) is 36.0 Å². The van der Waals surface area contributed by atoms with Gasteiger partial charge in [0, 0.05) is 5.33 Å². The zero-order valence-corrected chi connectivity index (χ0v) is 12.2. The molecule has 3 aromatic rings. The smallest absolute Gasteiger partial charge is 0.167 e. The average molecular weight is 320 g/mol. The van der Waals surface area contributed by atoms with Crippen LogP contribution in [0.15, 0.2) is 34.9 Å². The molecule has 3 rings (SSSR count). The summed E-state index contributed by atoms with van der Waals surface area (Å²) in [6.07, 6.45) is 0.869. The van der Waals surface area contributed by atoms with Crippen LogP contribution in [0.5, 0.6) is 5.75 Å². The second kappa shape index (κ2) is 5.21. The zero-order valence-electron chi connectivity index (χ0n) is 10.6. The van der Waals surface area contributed by atoms with Crippen LogP contribution in [0.25, 0.3) is 21.7 Å². The highest BCUT2D eigenvalue weighted by atomic mass is 79.9. The van der Waals surface area contributed by atoms with E-state index < -0.39 is 0 Å². The van der Waals surface area contributed by atoms with E-state index in [-0.39, 0.29) is 0 Å². The number of aryl methyl sites for hydroxylation is 1. The van der Waals surface area contributed by atoms with E-state index in [1.54, 1.807) is 0 Å². The minimum Gasteiger partial charge on any atom is -0.493 e. The molecular weight excluding hydrogens is 306 g/mol.